The van der Waals surface area contributed by atoms with Crippen LogP contribution in [0.3, 0.4) is 0 Å². The van der Waals surface area contributed by atoms with E-state index in [9.17, 15) is 9.59 Å². The molecule has 9 heteroatoms. The number of nitrogens with one attached hydrogen (secondary N) is 1. The maximum atomic E-state index is 14.5. The molecule has 218 valence electrons. The molecule has 4 atom stereocenters. The molecule has 1 aliphatic heterocycles. The van der Waals surface area contributed by atoms with Crippen LogP contribution in [0.1, 0.15) is 89.9 Å². The second kappa shape index (κ2) is 12.5. The number of nitrogens with zero attached hydrogens (tertiary/aromatic N) is 6. The maximum absolute atomic E-state index is 14.5. The summed E-state index contributed by atoms with van der Waals surface area (Å²) in [6, 6.07) is 8.05. The summed E-state index contributed by atoms with van der Waals surface area (Å²) in [6.07, 6.45) is 15.5. The Morgan fingerprint density at radius 1 is 1.22 bits per heavy atom. The van der Waals surface area contributed by atoms with E-state index >= 15 is 0 Å². The second-order valence-electron chi connectivity index (χ2n) is 12.2. The van der Waals surface area contributed by atoms with E-state index in [1.54, 1.807) is 6.92 Å². The Morgan fingerprint density at radius 3 is 2.73 bits per heavy atom. The van der Waals surface area contributed by atoms with Gasteiger partial charge in [0.1, 0.15) is 5.78 Å². The van der Waals surface area contributed by atoms with Gasteiger partial charge in [-0.1, -0.05) is 64.3 Å². The molecule has 1 aliphatic carbocycles. The minimum atomic E-state index is -0.473. The molecule has 2 aromatic heterocycles. The second-order valence-corrected chi connectivity index (χ2v) is 12.2. The predicted molar refractivity (Wildman–Crippen MR) is 161 cm³/mol. The van der Waals surface area contributed by atoms with Crippen LogP contribution < -0.4 is 5.69 Å². The molecule has 1 fully saturated rings. The number of aromatic nitrogens is 6. The highest BCUT2D eigenvalue weighted by molar-refractivity contribution is 5.79. The smallest absolute Gasteiger partial charge is 0.300 e. The molecule has 3 aromatic rings. The molecule has 4 unspecified atom stereocenters. The minimum absolute atomic E-state index is 0.00971. The van der Waals surface area contributed by atoms with Crippen LogP contribution in [-0.2, 0) is 23.2 Å². The van der Waals surface area contributed by atoms with E-state index < -0.39 is 5.41 Å². The Kier molecular flexibility index (Phi) is 8.80. The van der Waals surface area contributed by atoms with Crippen LogP contribution in [-0.4, -0.2) is 41.8 Å². The maximum Gasteiger partial charge on any atom is 0.328 e. The van der Waals surface area contributed by atoms with Gasteiger partial charge in [0.25, 0.3) is 0 Å². The van der Waals surface area contributed by atoms with Crippen LogP contribution in [0.4, 0.5) is 0 Å². The first-order valence-electron chi connectivity index (χ1n) is 15.2. The van der Waals surface area contributed by atoms with Gasteiger partial charge in [0.2, 0.25) is 5.82 Å². The first kappa shape index (κ1) is 28.9. The molecule has 41 heavy (non-hydrogen) atoms. The summed E-state index contributed by atoms with van der Waals surface area (Å²) >= 11 is 0. The lowest BCUT2D eigenvalue weighted by atomic mass is 9.76. The summed E-state index contributed by atoms with van der Waals surface area (Å²) in [5.74, 6) is 1.25. The molecule has 0 bridgehead atoms. The van der Waals surface area contributed by atoms with Crippen molar-refractivity contribution in [3.05, 3.63) is 64.5 Å². The van der Waals surface area contributed by atoms with Crippen LogP contribution in [0.15, 0.2) is 52.5 Å². The lowest BCUT2D eigenvalue weighted by molar-refractivity contribution is -0.123. The topological polar surface area (TPSA) is 111 Å². The van der Waals surface area contributed by atoms with Gasteiger partial charge in [-0.3, -0.25) is 18.9 Å². The predicted octanol–water partition coefficient (Wildman–Crippen LogP) is 5.69. The Morgan fingerprint density at radius 2 is 2.05 bits per heavy atom. The van der Waals surface area contributed by atoms with Gasteiger partial charge in [-0.25, -0.2) is 4.79 Å². The van der Waals surface area contributed by atoms with E-state index in [1.165, 1.54) is 0 Å². The van der Waals surface area contributed by atoms with Crippen molar-refractivity contribution in [1.29, 1.82) is 0 Å². The molecule has 0 radical (unpaired) electrons. The quantitative estimate of drug-likeness (QED) is 0.322. The first-order chi connectivity index (χ1) is 19.8. The molecule has 0 saturated heterocycles. The highest BCUT2D eigenvalue weighted by atomic mass is 16.2. The zero-order valence-corrected chi connectivity index (χ0v) is 24.8. The summed E-state index contributed by atoms with van der Waals surface area (Å²) in [6.45, 7) is 8.84. The molecule has 9 nitrogen and oxygen atoms in total. The number of hydrogen-bond acceptors (Lipinski definition) is 6. The Hall–Kier alpha value is -3.62. The zero-order valence-electron chi connectivity index (χ0n) is 24.8. The van der Waals surface area contributed by atoms with E-state index in [1.807, 2.05) is 33.7 Å². The fourth-order valence-electron chi connectivity index (χ4n) is 6.93. The number of allylic oxidation sites excluding steroid dienone is 1. The van der Waals surface area contributed by atoms with E-state index in [0.29, 0.717) is 24.7 Å². The van der Waals surface area contributed by atoms with Gasteiger partial charge < -0.3 is 0 Å². The number of imidazole rings is 1. The highest BCUT2D eigenvalue weighted by Crippen LogP contribution is 2.41. The van der Waals surface area contributed by atoms with Crippen LogP contribution >= 0.6 is 0 Å². The zero-order chi connectivity index (χ0) is 29.0. The number of Topliss-reactive ketones (excluding diaryl/α,β-unsaturated/α-hetero) is 1. The Bertz CT molecular complexity index is 1450. The largest absolute Gasteiger partial charge is 0.328 e. The number of carbonyl (C=O) groups excluding carboxylic acids is 1. The number of H-pyrrole nitrogens is 1. The highest BCUT2D eigenvalue weighted by Gasteiger charge is 2.39. The van der Waals surface area contributed by atoms with E-state index in [-0.39, 0.29) is 29.4 Å². The number of aryl methyl sites for hydroxylation is 1. The van der Waals surface area contributed by atoms with Gasteiger partial charge in [0.05, 0.1) is 6.04 Å². The van der Waals surface area contributed by atoms with Crippen molar-refractivity contribution in [3.8, 4) is 11.4 Å². The third kappa shape index (κ3) is 5.90. The molecule has 1 N–H and O–H groups in total. The Labute approximate surface area is 242 Å². The summed E-state index contributed by atoms with van der Waals surface area (Å²) in [5, 5.41) is 14.6. The van der Waals surface area contributed by atoms with Crippen molar-refractivity contribution in [1.82, 2.24) is 29.8 Å². The fraction of sp³-hybridized carbons (Fsp3) is 0.562. The molecule has 1 saturated carbocycles. The number of unbranched alkanes of at least 4 members (excludes halogenated alkanes) is 1. The first-order valence-corrected chi connectivity index (χ1v) is 15.2. The minimum Gasteiger partial charge on any atom is -0.300 e. The van der Waals surface area contributed by atoms with Crippen molar-refractivity contribution < 1.29 is 4.79 Å². The molecule has 0 amide bonds. The Balaban J connectivity index is 1.62. The average Bonchev–Trinajstić information content (AvgIpc) is 3.55. The van der Waals surface area contributed by atoms with Gasteiger partial charge in [-0.2, -0.15) is 5.21 Å². The van der Waals surface area contributed by atoms with E-state index in [2.05, 4.69) is 70.8 Å². The number of aromatic amines is 1. The lowest BCUT2D eigenvalue weighted by Crippen LogP contribution is -2.41. The van der Waals surface area contributed by atoms with Crippen molar-refractivity contribution in [2.75, 3.05) is 0 Å². The van der Waals surface area contributed by atoms with Crippen LogP contribution in [0.25, 0.3) is 11.4 Å². The summed E-state index contributed by atoms with van der Waals surface area (Å²) < 4.78 is 3.94. The van der Waals surface area contributed by atoms with Gasteiger partial charge in [-0.15, -0.1) is 10.2 Å². The standard InChI is InChI=1S/C32H43N7O2/c1-5-6-12-26-20-38(29-27(22(2)3)13-7-8-14-28(29)23(4)40)31(41)39(26)21-32(15-17-33-18-16-32)25-11-9-10-24(19-25)30-34-36-37-35-30/h9-11,15,17-20,22,27-29H,5-8,12-14,16,21H2,1-4H3,(H,34,35,36,37). The molecule has 3 heterocycles. The molecule has 2 aliphatic rings. The number of tetrazole rings is 1. The molecular weight excluding hydrogens is 514 g/mol. The van der Waals surface area contributed by atoms with Gasteiger partial charge in [0, 0.05) is 47.7 Å². The summed E-state index contributed by atoms with van der Waals surface area (Å²) in [7, 11) is 0. The number of rotatable bonds is 10. The number of benzene rings is 1. The third-order valence-electron chi connectivity index (χ3n) is 9.25. The number of aliphatic imine (C=N–C) groups is 1. The molecule has 5 rings (SSSR count). The van der Waals surface area contributed by atoms with Crippen molar-refractivity contribution in [3.63, 3.8) is 0 Å². The van der Waals surface area contributed by atoms with E-state index in [0.717, 1.165) is 61.8 Å². The lowest BCUT2D eigenvalue weighted by Gasteiger charge is -2.34. The van der Waals surface area contributed by atoms with Crippen molar-refractivity contribution >= 4 is 12.0 Å². The monoisotopic (exact) mass is 557 g/mol. The van der Waals surface area contributed by atoms with Crippen molar-refractivity contribution in [2.24, 2.45) is 22.7 Å². The molecule has 1 aromatic carbocycles. The third-order valence-corrected chi connectivity index (χ3v) is 9.25. The summed E-state index contributed by atoms with van der Waals surface area (Å²) in [5.41, 5.74) is 2.49. The van der Waals surface area contributed by atoms with Gasteiger partial charge in [0.15, 0.2) is 0 Å². The van der Waals surface area contributed by atoms with E-state index in [4.69, 9.17) is 0 Å². The van der Waals surface area contributed by atoms with Gasteiger partial charge >= 0.3 is 5.69 Å². The van der Waals surface area contributed by atoms with Crippen LogP contribution in [0, 0.1) is 17.8 Å². The van der Waals surface area contributed by atoms with Crippen LogP contribution in [0.2, 0.25) is 0 Å². The van der Waals surface area contributed by atoms with Gasteiger partial charge in [-0.05, 0) is 67.7 Å². The fourth-order valence-corrected chi connectivity index (χ4v) is 6.93. The van der Waals surface area contributed by atoms with Crippen LogP contribution in [0.5, 0.6) is 0 Å². The van der Waals surface area contributed by atoms with Crippen molar-refractivity contribution in [2.45, 2.75) is 97.1 Å². The normalized spacial score (nSPS) is 24.6. The number of hydrogen-bond donors (Lipinski definition) is 1. The number of carbonyl (C=O) groups is 1. The molecular formula is C32H43N7O2. The SMILES string of the molecule is CCCCc1cn(C2C(C(C)=O)CCCCC2C(C)C)c(=O)n1CC1(c2cccc(-c3nn[nH]n3)c2)C=CN=CC1. The number of ketones is 1. The molecule has 0 spiro atoms. The average molecular weight is 558 g/mol. The summed E-state index contributed by atoms with van der Waals surface area (Å²) in [4.78, 5) is 31.9.